The SMILES string of the molecule is O=C(COC(=O)COc1ccccc1-c1ccccc1)Nc1ccc([N+](=O)[O-])cc1Cl. The summed E-state index contributed by atoms with van der Waals surface area (Å²) in [7, 11) is 0. The fraction of sp³-hybridized carbons (Fsp3) is 0.0909. The first-order valence-electron chi connectivity index (χ1n) is 9.10. The molecule has 0 saturated heterocycles. The smallest absolute Gasteiger partial charge is 0.344 e. The van der Waals surface area contributed by atoms with Crippen LogP contribution in [0.25, 0.3) is 11.1 Å². The van der Waals surface area contributed by atoms with Crippen molar-refractivity contribution in [2.24, 2.45) is 0 Å². The Labute approximate surface area is 182 Å². The highest BCUT2D eigenvalue weighted by Gasteiger charge is 2.14. The van der Waals surface area contributed by atoms with Crippen molar-refractivity contribution in [1.82, 2.24) is 0 Å². The molecule has 9 heteroatoms. The third-order valence-electron chi connectivity index (χ3n) is 4.12. The van der Waals surface area contributed by atoms with Crippen molar-refractivity contribution < 1.29 is 24.0 Å². The second kappa shape index (κ2) is 10.2. The van der Waals surface area contributed by atoms with E-state index >= 15 is 0 Å². The number of hydrogen-bond acceptors (Lipinski definition) is 6. The van der Waals surface area contributed by atoms with Crippen LogP contribution >= 0.6 is 11.6 Å². The number of nitrogens with one attached hydrogen (secondary N) is 1. The van der Waals surface area contributed by atoms with Gasteiger partial charge in [-0.05, 0) is 17.7 Å². The summed E-state index contributed by atoms with van der Waals surface area (Å²) in [5, 5.41) is 13.1. The number of anilines is 1. The molecule has 0 unspecified atom stereocenters. The van der Waals surface area contributed by atoms with Crippen LogP contribution in [0.1, 0.15) is 0 Å². The third kappa shape index (κ3) is 6.03. The van der Waals surface area contributed by atoms with E-state index in [4.69, 9.17) is 21.1 Å². The zero-order valence-corrected chi connectivity index (χ0v) is 16.9. The van der Waals surface area contributed by atoms with Crippen LogP contribution < -0.4 is 10.1 Å². The average Bonchev–Trinajstić information content (AvgIpc) is 2.78. The summed E-state index contributed by atoms with van der Waals surface area (Å²) in [5.41, 5.74) is 1.72. The molecule has 3 aromatic carbocycles. The molecule has 0 heterocycles. The van der Waals surface area contributed by atoms with Crippen molar-refractivity contribution in [3.8, 4) is 16.9 Å². The van der Waals surface area contributed by atoms with E-state index in [9.17, 15) is 19.7 Å². The number of para-hydroxylation sites is 1. The molecule has 0 bridgehead atoms. The van der Waals surface area contributed by atoms with Crippen molar-refractivity contribution in [3.05, 3.63) is 87.9 Å². The van der Waals surface area contributed by atoms with Gasteiger partial charge in [-0.1, -0.05) is 60.1 Å². The van der Waals surface area contributed by atoms with Gasteiger partial charge in [0.25, 0.3) is 11.6 Å². The Morgan fingerprint density at radius 1 is 0.968 bits per heavy atom. The first-order valence-corrected chi connectivity index (χ1v) is 9.48. The average molecular weight is 441 g/mol. The predicted octanol–water partition coefficient (Wildman–Crippen LogP) is 4.48. The zero-order valence-electron chi connectivity index (χ0n) is 16.1. The van der Waals surface area contributed by atoms with Gasteiger partial charge in [-0.2, -0.15) is 0 Å². The van der Waals surface area contributed by atoms with E-state index in [1.54, 1.807) is 12.1 Å². The molecule has 1 N–H and O–H groups in total. The number of carbonyl (C=O) groups excluding carboxylic acids is 2. The Morgan fingerprint density at radius 3 is 2.39 bits per heavy atom. The van der Waals surface area contributed by atoms with Crippen LogP contribution in [0, 0.1) is 10.1 Å². The van der Waals surface area contributed by atoms with E-state index in [2.05, 4.69) is 5.32 Å². The molecule has 0 saturated carbocycles. The summed E-state index contributed by atoms with van der Waals surface area (Å²) < 4.78 is 10.5. The lowest BCUT2D eigenvalue weighted by Crippen LogP contribution is -2.23. The molecule has 1 amide bonds. The Balaban J connectivity index is 1.51. The van der Waals surface area contributed by atoms with E-state index in [-0.39, 0.29) is 23.0 Å². The quantitative estimate of drug-likeness (QED) is 0.314. The highest BCUT2D eigenvalue weighted by molar-refractivity contribution is 6.34. The van der Waals surface area contributed by atoms with Gasteiger partial charge in [0, 0.05) is 17.7 Å². The topological polar surface area (TPSA) is 108 Å². The molecular formula is C22H17ClN2O6. The first kappa shape index (κ1) is 21.8. The van der Waals surface area contributed by atoms with Gasteiger partial charge in [-0.15, -0.1) is 0 Å². The molecule has 0 aliphatic heterocycles. The van der Waals surface area contributed by atoms with Gasteiger partial charge in [0.2, 0.25) is 0 Å². The van der Waals surface area contributed by atoms with Gasteiger partial charge >= 0.3 is 5.97 Å². The number of rotatable bonds is 8. The Kier molecular flexibility index (Phi) is 7.18. The van der Waals surface area contributed by atoms with Crippen molar-refractivity contribution in [2.75, 3.05) is 18.5 Å². The van der Waals surface area contributed by atoms with Crippen molar-refractivity contribution >= 4 is 34.9 Å². The fourth-order valence-corrected chi connectivity index (χ4v) is 2.90. The highest BCUT2D eigenvalue weighted by Crippen LogP contribution is 2.29. The first-order chi connectivity index (χ1) is 14.9. The fourth-order valence-electron chi connectivity index (χ4n) is 2.68. The minimum Gasteiger partial charge on any atom is -0.481 e. The summed E-state index contributed by atoms with van der Waals surface area (Å²) in [6, 6.07) is 20.4. The van der Waals surface area contributed by atoms with Crippen LogP contribution in [-0.4, -0.2) is 30.0 Å². The van der Waals surface area contributed by atoms with Gasteiger partial charge < -0.3 is 14.8 Å². The number of non-ortho nitro benzene ring substituents is 1. The molecule has 31 heavy (non-hydrogen) atoms. The van der Waals surface area contributed by atoms with E-state index in [1.807, 2.05) is 42.5 Å². The number of halogens is 1. The lowest BCUT2D eigenvalue weighted by atomic mass is 10.1. The zero-order chi connectivity index (χ0) is 22.2. The summed E-state index contributed by atoms with van der Waals surface area (Å²) in [4.78, 5) is 34.1. The number of nitrogens with zero attached hydrogens (tertiary/aromatic N) is 1. The number of carbonyl (C=O) groups is 2. The third-order valence-corrected chi connectivity index (χ3v) is 4.43. The van der Waals surface area contributed by atoms with Crippen molar-refractivity contribution in [3.63, 3.8) is 0 Å². The molecule has 158 valence electrons. The van der Waals surface area contributed by atoms with Gasteiger partial charge in [-0.3, -0.25) is 14.9 Å². The molecule has 3 rings (SSSR count). The van der Waals surface area contributed by atoms with Crippen LogP contribution in [0.3, 0.4) is 0 Å². The minimum absolute atomic E-state index is 0.00488. The summed E-state index contributed by atoms with van der Waals surface area (Å²) in [6.07, 6.45) is 0. The monoisotopic (exact) mass is 440 g/mol. The maximum absolute atomic E-state index is 12.0. The summed E-state index contributed by atoms with van der Waals surface area (Å²) >= 11 is 5.92. The number of benzene rings is 3. The molecule has 0 spiro atoms. The summed E-state index contributed by atoms with van der Waals surface area (Å²) in [5.74, 6) is -0.866. The van der Waals surface area contributed by atoms with Crippen LogP contribution in [0.4, 0.5) is 11.4 Å². The Bertz CT molecular complexity index is 1100. The highest BCUT2D eigenvalue weighted by atomic mass is 35.5. The minimum atomic E-state index is -0.729. The maximum Gasteiger partial charge on any atom is 0.344 e. The van der Waals surface area contributed by atoms with Gasteiger partial charge in [0.05, 0.1) is 15.6 Å². The van der Waals surface area contributed by atoms with Gasteiger partial charge in [0.15, 0.2) is 13.2 Å². The number of nitro groups is 1. The number of ether oxygens (including phenoxy) is 2. The number of amides is 1. The lowest BCUT2D eigenvalue weighted by Gasteiger charge is -2.12. The molecule has 0 aliphatic rings. The number of nitro benzene ring substituents is 1. The van der Waals surface area contributed by atoms with Crippen LogP contribution in [0.2, 0.25) is 5.02 Å². The van der Waals surface area contributed by atoms with Gasteiger partial charge in [0.1, 0.15) is 5.75 Å². The molecule has 0 radical (unpaired) electrons. The number of esters is 1. The van der Waals surface area contributed by atoms with Gasteiger partial charge in [-0.25, -0.2) is 4.79 Å². The van der Waals surface area contributed by atoms with E-state index < -0.39 is 23.4 Å². The van der Waals surface area contributed by atoms with E-state index in [1.165, 1.54) is 12.1 Å². The van der Waals surface area contributed by atoms with Crippen LogP contribution in [-0.2, 0) is 14.3 Å². The van der Waals surface area contributed by atoms with E-state index in [0.717, 1.165) is 17.2 Å². The molecule has 0 fully saturated rings. The maximum atomic E-state index is 12.0. The Morgan fingerprint density at radius 2 is 1.68 bits per heavy atom. The van der Waals surface area contributed by atoms with Crippen molar-refractivity contribution in [2.45, 2.75) is 0 Å². The van der Waals surface area contributed by atoms with Crippen LogP contribution in [0.15, 0.2) is 72.8 Å². The molecule has 3 aromatic rings. The standard InChI is InChI=1S/C22H17ClN2O6/c23-18-12-16(25(28)29)10-11-19(18)24-21(26)13-31-22(27)14-30-20-9-5-4-8-17(20)15-6-2-1-3-7-15/h1-12H,13-14H2,(H,24,26). The Hall–Kier alpha value is -3.91. The summed E-state index contributed by atoms with van der Waals surface area (Å²) in [6.45, 7) is -0.939. The normalized spacial score (nSPS) is 10.2. The van der Waals surface area contributed by atoms with E-state index in [0.29, 0.717) is 5.75 Å². The number of hydrogen-bond donors (Lipinski definition) is 1. The second-order valence-electron chi connectivity index (χ2n) is 6.28. The second-order valence-corrected chi connectivity index (χ2v) is 6.69. The molecular weight excluding hydrogens is 424 g/mol. The lowest BCUT2D eigenvalue weighted by molar-refractivity contribution is -0.384. The predicted molar refractivity (Wildman–Crippen MR) is 115 cm³/mol. The molecule has 8 nitrogen and oxygen atoms in total. The largest absolute Gasteiger partial charge is 0.481 e. The molecule has 0 aromatic heterocycles. The van der Waals surface area contributed by atoms with Crippen LogP contribution in [0.5, 0.6) is 5.75 Å². The van der Waals surface area contributed by atoms with Crippen molar-refractivity contribution in [1.29, 1.82) is 0 Å². The molecule has 0 atom stereocenters. The molecule has 0 aliphatic carbocycles.